The predicted octanol–water partition coefficient (Wildman–Crippen LogP) is 2.47. The number of rotatable bonds is 8. The average molecular weight is 488 g/mol. The Morgan fingerprint density at radius 3 is 2.39 bits per heavy atom. The van der Waals surface area contributed by atoms with Crippen LogP contribution in [0, 0.1) is 0 Å². The zero-order chi connectivity index (χ0) is 23.3. The number of nitrogens with one attached hydrogen (secondary N) is 1. The van der Waals surface area contributed by atoms with Gasteiger partial charge in [0.05, 0.1) is 18.4 Å². The molecule has 33 heavy (non-hydrogen) atoms. The van der Waals surface area contributed by atoms with Gasteiger partial charge in [-0.2, -0.15) is 4.31 Å². The molecule has 2 aromatic carbocycles. The maximum atomic E-state index is 12.3. The number of benzene rings is 2. The van der Waals surface area contributed by atoms with Gasteiger partial charge in [-0.1, -0.05) is 42.1 Å². The summed E-state index contributed by atoms with van der Waals surface area (Å²) in [5.41, 5.74) is 2.76. The van der Waals surface area contributed by atoms with Crippen LogP contribution < -0.4 is 10.2 Å². The molecule has 1 amide bonds. The Morgan fingerprint density at radius 1 is 1.03 bits per heavy atom. The predicted molar refractivity (Wildman–Crippen MR) is 128 cm³/mol. The van der Waals surface area contributed by atoms with Crippen LogP contribution >= 0.6 is 11.8 Å². The van der Waals surface area contributed by atoms with Crippen LogP contribution in [0.5, 0.6) is 0 Å². The van der Waals surface area contributed by atoms with Gasteiger partial charge in [-0.05, 0) is 29.8 Å². The van der Waals surface area contributed by atoms with E-state index in [-0.39, 0.29) is 11.7 Å². The third kappa shape index (κ3) is 6.56. The minimum atomic E-state index is -3.15. The van der Waals surface area contributed by atoms with Crippen molar-refractivity contribution in [2.75, 3.05) is 48.4 Å². The van der Waals surface area contributed by atoms with E-state index >= 15 is 0 Å². The lowest BCUT2D eigenvalue weighted by Gasteiger charge is -2.34. The molecule has 0 aliphatic carbocycles. The highest BCUT2D eigenvalue weighted by Gasteiger charge is 2.23. The van der Waals surface area contributed by atoms with Gasteiger partial charge in [0, 0.05) is 37.6 Å². The van der Waals surface area contributed by atoms with Gasteiger partial charge in [-0.3, -0.25) is 4.79 Å². The van der Waals surface area contributed by atoms with Crippen molar-refractivity contribution in [2.45, 2.75) is 11.6 Å². The number of thioether (sulfide) groups is 1. The summed E-state index contributed by atoms with van der Waals surface area (Å²) in [6, 6.07) is 17.4. The first kappa shape index (κ1) is 23.3. The SMILES string of the molecule is CS(=O)(=O)N1CCN(c2ccc(NC(=O)CSc3nnc(Cc4ccccc4)o3)cc2)CC1. The van der Waals surface area contributed by atoms with Gasteiger partial charge in [0.15, 0.2) is 0 Å². The summed E-state index contributed by atoms with van der Waals surface area (Å²) < 4.78 is 30.4. The minimum absolute atomic E-state index is 0.155. The van der Waals surface area contributed by atoms with Gasteiger partial charge in [-0.25, -0.2) is 8.42 Å². The lowest BCUT2D eigenvalue weighted by molar-refractivity contribution is -0.113. The van der Waals surface area contributed by atoms with Gasteiger partial charge >= 0.3 is 0 Å². The number of hydrogen-bond donors (Lipinski definition) is 1. The van der Waals surface area contributed by atoms with Crippen molar-refractivity contribution in [3.05, 3.63) is 66.1 Å². The van der Waals surface area contributed by atoms with Gasteiger partial charge in [0.25, 0.3) is 5.22 Å². The molecule has 1 fully saturated rings. The van der Waals surface area contributed by atoms with Crippen LogP contribution in [0.1, 0.15) is 11.5 Å². The summed E-state index contributed by atoms with van der Waals surface area (Å²) in [5.74, 6) is 0.497. The van der Waals surface area contributed by atoms with E-state index in [2.05, 4.69) is 20.4 Å². The molecule has 1 aliphatic heterocycles. The second-order valence-corrected chi connectivity index (χ2v) is 10.6. The summed E-state index contributed by atoms with van der Waals surface area (Å²) in [7, 11) is -3.15. The maximum absolute atomic E-state index is 12.3. The molecule has 0 radical (unpaired) electrons. The Balaban J connectivity index is 1.23. The van der Waals surface area contributed by atoms with Crippen molar-refractivity contribution in [2.24, 2.45) is 0 Å². The molecule has 0 saturated carbocycles. The Morgan fingerprint density at radius 2 is 1.73 bits per heavy atom. The number of aromatic nitrogens is 2. The number of anilines is 2. The van der Waals surface area contributed by atoms with Crippen LogP contribution in [0.4, 0.5) is 11.4 Å². The number of carbonyl (C=O) groups is 1. The molecule has 1 aliphatic rings. The van der Waals surface area contributed by atoms with E-state index in [0.29, 0.717) is 49.4 Å². The first-order valence-electron chi connectivity index (χ1n) is 10.5. The Hall–Kier alpha value is -2.89. The van der Waals surface area contributed by atoms with Crippen molar-refractivity contribution in [1.82, 2.24) is 14.5 Å². The van der Waals surface area contributed by atoms with E-state index in [0.717, 1.165) is 11.3 Å². The van der Waals surface area contributed by atoms with E-state index in [4.69, 9.17) is 4.42 Å². The van der Waals surface area contributed by atoms with Gasteiger partial charge in [0.2, 0.25) is 21.8 Å². The van der Waals surface area contributed by atoms with Gasteiger partial charge < -0.3 is 14.6 Å². The van der Waals surface area contributed by atoms with Crippen molar-refractivity contribution in [3.63, 3.8) is 0 Å². The molecule has 9 nitrogen and oxygen atoms in total. The number of piperazine rings is 1. The molecule has 2 heterocycles. The summed E-state index contributed by atoms with van der Waals surface area (Å²) in [6.45, 7) is 2.20. The van der Waals surface area contributed by atoms with E-state index in [1.807, 2.05) is 54.6 Å². The van der Waals surface area contributed by atoms with Crippen LogP contribution in [-0.4, -0.2) is 67.0 Å². The third-order valence-electron chi connectivity index (χ3n) is 5.20. The second-order valence-electron chi connectivity index (χ2n) is 7.66. The summed E-state index contributed by atoms with van der Waals surface area (Å²) in [4.78, 5) is 14.4. The van der Waals surface area contributed by atoms with Crippen LogP contribution in [0.25, 0.3) is 0 Å². The summed E-state index contributed by atoms with van der Waals surface area (Å²) in [5, 5.41) is 11.3. The van der Waals surface area contributed by atoms with Gasteiger partial charge in [0.1, 0.15) is 0 Å². The molecular formula is C22H25N5O4S2. The molecule has 1 N–H and O–H groups in total. The molecule has 0 spiro atoms. The topological polar surface area (TPSA) is 109 Å². The van der Waals surface area contributed by atoms with E-state index in [9.17, 15) is 13.2 Å². The van der Waals surface area contributed by atoms with Crippen LogP contribution in [-0.2, 0) is 21.2 Å². The Labute approximate surface area is 197 Å². The molecule has 1 aromatic heterocycles. The van der Waals surface area contributed by atoms with Crippen LogP contribution in [0.3, 0.4) is 0 Å². The summed E-state index contributed by atoms with van der Waals surface area (Å²) in [6.07, 6.45) is 1.79. The number of amides is 1. The summed E-state index contributed by atoms with van der Waals surface area (Å²) >= 11 is 1.19. The maximum Gasteiger partial charge on any atom is 0.277 e. The standard InChI is InChI=1S/C22H25N5O4S2/c1-33(29,30)27-13-11-26(12-14-27)19-9-7-18(8-10-19)23-20(28)16-32-22-25-24-21(31-22)15-17-5-3-2-4-6-17/h2-10H,11-16H2,1H3,(H,23,28). The number of hydrogen-bond acceptors (Lipinski definition) is 8. The fourth-order valence-corrected chi connectivity index (χ4v) is 4.90. The van der Waals surface area contributed by atoms with Crippen molar-refractivity contribution in [1.29, 1.82) is 0 Å². The van der Waals surface area contributed by atoms with E-state index < -0.39 is 10.0 Å². The smallest absolute Gasteiger partial charge is 0.277 e. The fraction of sp³-hybridized carbons (Fsp3) is 0.318. The van der Waals surface area contributed by atoms with Crippen molar-refractivity contribution >= 4 is 39.1 Å². The quantitative estimate of drug-likeness (QED) is 0.483. The lowest BCUT2D eigenvalue weighted by atomic mass is 10.2. The highest BCUT2D eigenvalue weighted by molar-refractivity contribution is 7.99. The second kappa shape index (κ2) is 10.4. The zero-order valence-electron chi connectivity index (χ0n) is 18.2. The van der Waals surface area contributed by atoms with Crippen molar-refractivity contribution < 1.29 is 17.6 Å². The highest BCUT2D eigenvalue weighted by atomic mass is 32.2. The number of nitrogens with zero attached hydrogens (tertiary/aromatic N) is 4. The van der Waals surface area contributed by atoms with Gasteiger partial charge in [-0.15, -0.1) is 10.2 Å². The monoisotopic (exact) mass is 487 g/mol. The number of sulfonamides is 1. The normalized spacial score (nSPS) is 14.9. The van der Waals surface area contributed by atoms with Crippen LogP contribution in [0.2, 0.25) is 0 Å². The molecule has 0 atom stereocenters. The van der Waals surface area contributed by atoms with Crippen LogP contribution in [0.15, 0.2) is 64.2 Å². The fourth-order valence-electron chi connectivity index (χ4n) is 3.50. The molecule has 4 rings (SSSR count). The Bertz CT molecular complexity index is 1180. The number of carbonyl (C=O) groups excluding carboxylic acids is 1. The third-order valence-corrected chi connectivity index (χ3v) is 7.32. The van der Waals surface area contributed by atoms with E-state index in [1.54, 1.807) is 0 Å². The molecule has 0 bridgehead atoms. The average Bonchev–Trinajstić information content (AvgIpc) is 3.26. The first-order chi connectivity index (χ1) is 15.9. The largest absolute Gasteiger partial charge is 0.416 e. The molecule has 0 unspecified atom stereocenters. The first-order valence-corrected chi connectivity index (χ1v) is 13.3. The molecule has 11 heteroatoms. The highest BCUT2D eigenvalue weighted by Crippen LogP contribution is 2.21. The molecule has 174 valence electrons. The minimum Gasteiger partial charge on any atom is -0.416 e. The van der Waals surface area contributed by atoms with Crippen molar-refractivity contribution in [3.8, 4) is 0 Å². The molecule has 3 aromatic rings. The molecular weight excluding hydrogens is 462 g/mol. The Kier molecular flexibility index (Phi) is 7.31. The van der Waals surface area contributed by atoms with E-state index in [1.165, 1.54) is 22.3 Å². The lowest BCUT2D eigenvalue weighted by Crippen LogP contribution is -2.48. The zero-order valence-corrected chi connectivity index (χ0v) is 19.8. The molecule has 1 saturated heterocycles.